The number of hydrogen-bond acceptors (Lipinski definition) is 4. The third-order valence-electron chi connectivity index (χ3n) is 9.19. The second-order valence-corrected chi connectivity index (χ2v) is 11.9. The number of aliphatic imine (C=N–C) groups is 4. The standard InChI is InChI=1S/C40H48N6/c1-7-27-17-28(8-2)38-24-42-20-32-15-16-34(46-32)22-44-26-40-30(10-4)18-29(9-3)39(36(40)12-6)25-43-21-33-14-13-31(45-33)19-41-23-37(27)35(38)11-5/h13-22H,7-12,23-26H2,1-6H3/q-2. The first-order valence-corrected chi connectivity index (χ1v) is 17.1. The van der Waals surface area contributed by atoms with Crippen LogP contribution >= 0.6 is 0 Å². The van der Waals surface area contributed by atoms with Gasteiger partial charge in [0, 0.05) is 24.9 Å². The number of benzene rings is 2. The van der Waals surface area contributed by atoms with E-state index in [0.29, 0.717) is 26.2 Å². The van der Waals surface area contributed by atoms with Crippen LogP contribution in [-0.2, 0) is 64.7 Å². The zero-order valence-corrected chi connectivity index (χ0v) is 28.5. The molecule has 6 heteroatoms. The first kappa shape index (κ1) is 33.1. The molecular formula is C40H48N6-2. The van der Waals surface area contributed by atoms with Crippen LogP contribution in [0.1, 0.15) is 120 Å². The fourth-order valence-corrected chi connectivity index (χ4v) is 6.81. The zero-order valence-electron chi connectivity index (χ0n) is 28.5. The summed E-state index contributed by atoms with van der Waals surface area (Å²) >= 11 is 0. The third-order valence-corrected chi connectivity index (χ3v) is 9.19. The van der Waals surface area contributed by atoms with Crippen molar-refractivity contribution in [1.82, 2.24) is 9.97 Å². The lowest BCUT2D eigenvalue weighted by molar-refractivity contribution is 0.893. The summed E-state index contributed by atoms with van der Waals surface area (Å²) in [7, 11) is 0. The highest BCUT2D eigenvalue weighted by Gasteiger charge is 2.16. The van der Waals surface area contributed by atoms with Gasteiger partial charge in [0.2, 0.25) is 0 Å². The first-order valence-electron chi connectivity index (χ1n) is 17.1. The lowest BCUT2D eigenvalue weighted by atomic mass is 9.88. The molecule has 1 aliphatic heterocycles. The molecule has 1 aliphatic rings. The van der Waals surface area contributed by atoms with Gasteiger partial charge in [0.1, 0.15) is 0 Å². The van der Waals surface area contributed by atoms with Crippen LogP contribution < -0.4 is 9.97 Å². The minimum Gasteiger partial charge on any atom is -0.655 e. The number of hydrogen-bond donors (Lipinski definition) is 0. The van der Waals surface area contributed by atoms with Crippen LogP contribution in [0.25, 0.3) is 0 Å². The number of nitrogens with zero attached hydrogens (tertiary/aromatic N) is 6. The van der Waals surface area contributed by atoms with Crippen LogP contribution in [-0.4, -0.2) is 24.9 Å². The van der Waals surface area contributed by atoms with Gasteiger partial charge in [-0.3, -0.25) is 20.0 Å². The number of fused-ring (bicyclic) bond motifs is 8. The molecule has 0 saturated carbocycles. The predicted molar refractivity (Wildman–Crippen MR) is 194 cm³/mol. The molecule has 0 unspecified atom stereocenters. The van der Waals surface area contributed by atoms with Crippen LogP contribution in [0.2, 0.25) is 0 Å². The molecule has 4 aromatic rings. The van der Waals surface area contributed by atoms with E-state index in [9.17, 15) is 0 Å². The summed E-state index contributed by atoms with van der Waals surface area (Å²) in [4.78, 5) is 29.2. The maximum atomic E-state index is 4.89. The summed E-state index contributed by atoms with van der Waals surface area (Å²) in [6.07, 6.45) is 13.4. The maximum absolute atomic E-state index is 4.89. The zero-order chi connectivity index (χ0) is 32.5. The summed E-state index contributed by atoms with van der Waals surface area (Å²) in [6.45, 7) is 15.9. The fourth-order valence-electron chi connectivity index (χ4n) is 6.81. The van der Waals surface area contributed by atoms with Crippen LogP contribution in [0.4, 0.5) is 0 Å². The van der Waals surface area contributed by atoms with E-state index in [1.807, 2.05) is 49.1 Å². The Labute approximate surface area is 275 Å². The topological polar surface area (TPSA) is 77.6 Å². The molecular weight excluding hydrogens is 564 g/mol. The van der Waals surface area contributed by atoms with Crippen molar-refractivity contribution in [2.45, 2.75) is 106 Å². The molecule has 240 valence electrons. The molecule has 0 atom stereocenters. The van der Waals surface area contributed by atoms with Gasteiger partial charge in [0.15, 0.2) is 0 Å². The van der Waals surface area contributed by atoms with Crippen LogP contribution in [0, 0.1) is 0 Å². The Morgan fingerprint density at radius 3 is 0.891 bits per heavy atom. The Hall–Kier alpha value is -4.32. The number of aryl methyl sites for hydroxylation is 4. The summed E-state index contributed by atoms with van der Waals surface area (Å²) in [6, 6.07) is 12.8. The largest absolute Gasteiger partial charge is 0.655 e. The molecule has 0 N–H and O–H groups in total. The van der Waals surface area contributed by atoms with E-state index in [2.05, 4.69) is 53.7 Å². The van der Waals surface area contributed by atoms with Crippen molar-refractivity contribution in [3.63, 3.8) is 0 Å². The first-order chi connectivity index (χ1) is 22.5. The van der Waals surface area contributed by atoms with Gasteiger partial charge < -0.3 is 9.97 Å². The molecule has 5 rings (SSSR count). The molecule has 8 bridgehead atoms. The molecule has 0 fully saturated rings. The summed E-state index contributed by atoms with van der Waals surface area (Å²) in [5.74, 6) is 0. The van der Waals surface area contributed by atoms with Gasteiger partial charge in [-0.15, -0.1) is 22.8 Å². The summed E-state index contributed by atoms with van der Waals surface area (Å²) < 4.78 is 0. The van der Waals surface area contributed by atoms with Crippen LogP contribution in [0.15, 0.2) is 56.4 Å². The lowest BCUT2D eigenvalue weighted by Gasteiger charge is -2.20. The van der Waals surface area contributed by atoms with E-state index in [4.69, 9.17) is 29.9 Å². The van der Waals surface area contributed by atoms with Crippen molar-refractivity contribution in [3.05, 3.63) is 115 Å². The van der Waals surface area contributed by atoms with E-state index in [1.165, 1.54) is 55.6 Å². The highest BCUT2D eigenvalue weighted by atomic mass is 14.8. The normalized spacial score (nSPS) is 13.7. The fraction of sp³-hybridized carbons (Fsp3) is 0.400. The van der Waals surface area contributed by atoms with Crippen LogP contribution in [0.3, 0.4) is 0 Å². The monoisotopic (exact) mass is 612 g/mol. The SMILES string of the molecule is CCc1cc(CC)c2c(CC)c1CN=Cc1ccc([n-]1)C=NCc1c(CC)cc(CC)c(c1CC)CN=Cc1ccc([n-]1)C=NC2. The lowest BCUT2D eigenvalue weighted by Crippen LogP contribution is -2.08. The van der Waals surface area contributed by atoms with Gasteiger partial charge in [-0.1, -0.05) is 77.9 Å². The van der Waals surface area contributed by atoms with Gasteiger partial charge in [0.05, 0.1) is 26.2 Å². The molecule has 0 aliphatic carbocycles. The Balaban J connectivity index is 1.56. The van der Waals surface area contributed by atoms with Crippen molar-refractivity contribution in [2.24, 2.45) is 20.0 Å². The van der Waals surface area contributed by atoms with E-state index in [0.717, 1.165) is 61.3 Å². The molecule has 0 amide bonds. The van der Waals surface area contributed by atoms with E-state index >= 15 is 0 Å². The maximum Gasteiger partial charge on any atom is 0.0644 e. The Morgan fingerprint density at radius 2 is 0.674 bits per heavy atom. The summed E-state index contributed by atoms with van der Waals surface area (Å²) in [5, 5.41) is 0. The second-order valence-electron chi connectivity index (χ2n) is 11.9. The quantitative estimate of drug-likeness (QED) is 0.223. The molecule has 2 aromatic heterocycles. The average Bonchev–Trinajstić information content (AvgIpc) is 3.73. The van der Waals surface area contributed by atoms with E-state index in [-0.39, 0.29) is 0 Å². The Bertz CT molecular complexity index is 1520. The predicted octanol–water partition coefficient (Wildman–Crippen LogP) is 7.77. The Morgan fingerprint density at radius 1 is 0.413 bits per heavy atom. The molecule has 0 spiro atoms. The van der Waals surface area contributed by atoms with Gasteiger partial charge in [-0.2, -0.15) is 0 Å². The van der Waals surface area contributed by atoms with Crippen LogP contribution in [0.5, 0.6) is 0 Å². The van der Waals surface area contributed by atoms with E-state index < -0.39 is 0 Å². The molecule has 2 aromatic carbocycles. The highest BCUT2D eigenvalue weighted by Crippen LogP contribution is 2.29. The van der Waals surface area contributed by atoms with Crippen molar-refractivity contribution in [2.75, 3.05) is 0 Å². The summed E-state index contributed by atoms with van der Waals surface area (Å²) in [5.41, 5.74) is 17.0. The van der Waals surface area contributed by atoms with Gasteiger partial charge >= 0.3 is 0 Å². The number of rotatable bonds is 6. The van der Waals surface area contributed by atoms with Crippen molar-refractivity contribution in [1.29, 1.82) is 0 Å². The Kier molecular flexibility index (Phi) is 11.4. The second kappa shape index (κ2) is 15.8. The molecule has 6 nitrogen and oxygen atoms in total. The molecule has 0 saturated heterocycles. The van der Waals surface area contributed by atoms with Gasteiger partial charge in [-0.05, 0) is 94.2 Å². The van der Waals surface area contributed by atoms with Crippen molar-refractivity contribution < 1.29 is 0 Å². The van der Waals surface area contributed by atoms with Crippen molar-refractivity contribution >= 4 is 24.9 Å². The molecule has 3 heterocycles. The minimum atomic E-state index is 0.631. The smallest absolute Gasteiger partial charge is 0.0644 e. The van der Waals surface area contributed by atoms with Gasteiger partial charge in [0.25, 0.3) is 0 Å². The van der Waals surface area contributed by atoms with Gasteiger partial charge in [-0.25, -0.2) is 0 Å². The number of aromatic nitrogens is 2. The van der Waals surface area contributed by atoms with E-state index in [1.54, 1.807) is 0 Å². The molecule has 46 heavy (non-hydrogen) atoms. The van der Waals surface area contributed by atoms with Crippen molar-refractivity contribution in [3.8, 4) is 0 Å². The minimum absolute atomic E-state index is 0.631. The third kappa shape index (κ3) is 7.38. The average molecular weight is 613 g/mol. The highest BCUT2D eigenvalue weighted by molar-refractivity contribution is 5.84. The molecule has 0 radical (unpaired) electrons.